The lowest BCUT2D eigenvalue weighted by Gasteiger charge is -2.26. The summed E-state index contributed by atoms with van der Waals surface area (Å²) in [6, 6.07) is 0. The van der Waals surface area contributed by atoms with Crippen LogP contribution in [0.5, 0.6) is 0 Å². The van der Waals surface area contributed by atoms with E-state index in [0.29, 0.717) is 0 Å². The molecule has 3 nitrogen and oxygen atoms in total. The second kappa shape index (κ2) is 5.89. The van der Waals surface area contributed by atoms with Crippen LogP contribution in [0.3, 0.4) is 0 Å². The van der Waals surface area contributed by atoms with E-state index >= 15 is 0 Å². The van der Waals surface area contributed by atoms with Gasteiger partial charge in [0.2, 0.25) is 8.32 Å². The molecular formula is C10H20ClNO2Si. The summed E-state index contributed by atoms with van der Waals surface area (Å²) in [5.41, 5.74) is 0. The molecule has 0 N–H and O–H groups in total. The van der Waals surface area contributed by atoms with Gasteiger partial charge in [-0.05, 0) is 19.6 Å². The van der Waals surface area contributed by atoms with Gasteiger partial charge in [-0.25, -0.2) is 0 Å². The third kappa shape index (κ3) is 6.20. The SMILES string of the molecule is C[Si](C)(C)O/C=C(\Cl)CN1CCOCC1. The summed E-state index contributed by atoms with van der Waals surface area (Å²) in [5, 5.41) is 0.777. The van der Waals surface area contributed by atoms with Crippen LogP contribution < -0.4 is 0 Å². The van der Waals surface area contributed by atoms with Gasteiger partial charge in [-0.1, -0.05) is 11.6 Å². The zero-order valence-electron chi connectivity index (χ0n) is 9.75. The van der Waals surface area contributed by atoms with Gasteiger partial charge in [0.1, 0.15) is 0 Å². The quantitative estimate of drug-likeness (QED) is 0.564. The molecule has 0 aromatic rings. The van der Waals surface area contributed by atoms with E-state index in [4.69, 9.17) is 20.8 Å². The van der Waals surface area contributed by atoms with Crippen LogP contribution in [0.2, 0.25) is 19.6 Å². The van der Waals surface area contributed by atoms with E-state index in [-0.39, 0.29) is 0 Å². The van der Waals surface area contributed by atoms with Gasteiger partial charge in [0.05, 0.1) is 24.5 Å². The van der Waals surface area contributed by atoms with Crippen molar-refractivity contribution in [2.45, 2.75) is 19.6 Å². The average molecular weight is 250 g/mol. The molecule has 0 aliphatic carbocycles. The number of morpholine rings is 1. The first-order valence-corrected chi connectivity index (χ1v) is 9.08. The number of hydrogen-bond donors (Lipinski definition) is 0. The maximum Gasteiger partial charge on any atom is 0.241 e. The molecule has 5 heteroatoms. The molecule has 0 amide bonds. The fraction of sp³-hybridized carbons (Fsp3) is 0.800. The lowest BCUT2D eigenvalue weighted by molar-refractivity contribution is 0.0428. The van der Waals surface area contributed by atoms with Crippen LogP contribution in [-0.4, -0.2) is 46.1 Å². The van der Waals surface area contributed by atoms with E-state index < -0.39 is 8.32 Å². The molecule has 1 aliphatic heterocycles. The van der Waals surface area contributed by atoms with Gasteiger partial charge < -0.3 is 9.16 Å². The molecule has 1 fully saturated rings. The predicted molar refractivity (Wildman–Crippen MR) is 65.6 cm³/mol. The van der Waals surface area contributed by atoms with Crippen LogP contribution in [0, 0.1) is 0 Å². The molecule has 88 valence electrons. The largest absolute Gasteiger partial charge is 0.549 e. The molecular weight excluding hydrogens is 230 g/mol. The summed E-state index contributed by atoms with van der Waals surface area (Å²) in [6.07, 6.45) is 1.71. The van der Waals surface area contributed by atoms with Crippen LogP contribution in [0.4, 0.5) is 0 Å². The summed E-state index contributed by atoms with van der Waals surface area (Å²) in [7, 11) is -1.49. The molecule has 15 heavy (non-hydrogen) atoms. The van der Waals surface area contributed by atoms with Crippen molar-refractivity contribution in [1.29, 1.82) is 0 Å². The fourth-order valence-corrected chi connectivity index (χ4v) is 2.03. The van der Waals surface area contributed by atoms with Gasteiger partial charge in [0, 0.05) is 19.6 Å². The smallest absolute Gasteiger partial charge is 0.241 e. The van der Waals surface area contributed by atoms with Crippen LogP contribution in [0.15, 0.2) is 11.3 Å². The third-order valence-corrected chi connectivity index (χ3v) is 3.05. The number of ether oxygens (including phenoxy) is 1. The van der Waals surface area contributed by atoms with E-state index in [9.17, 15) is 0 Å². The molecule has 0 aromatic carbocycles. The molecule has 0 aromatic heterocycles. The second-order valence-corrected chi connectivity index (χ2v) is 9.63. The van der Waals surface area contributed by atoms with Crippen molar-refractivity contribution in [2.24, 2.45) is 0 Å². The monoisotopic (exact) mass is 249 g/mol. The van der Waals surface area contributed by atoms with Crippen molar-refractivity contribution in [1.82, 2.24) is 4.90 Å². The highest BCUT2D eigenvalue weighted by Crippen LogP contribution is 2.10. The summed E-state index contributed by atoms with van der Waals surface area (Å²) in [4.78, 5) is 2.27. The van der Waals surface area contributed by atoms with Crippen molar-refractivity contribution in [3.05, 3.63) is 11.3 Å². The highest BCUT2D eigenvalue weighted by atomic mass is 35.5. The van der Waals surface area contributed by atoms with Gasteiger partial charge in [-0.3, -0.25) is 4.90 Å². The minimum absolute atomic E-state index is 0.773. The Balaban J connectivity index is 2.30. The fourth-order valence-electron chi connectivity index (χ4n) is 1.25. The highest BCUT2D eigenvalue weighted by molar-refractivity contribution is 6.69. The Morgan fingerprint density at radius 3 is 2.53 bits per heavy atom. The molecule has 0 unspecified atom stereocenters. The molecule has 0 bridgehead atoms. The first-order chi connectivity index (χ1) is 6.97. The van der Waals surface area contributed by atoms with E-state index in [1.54, 1.807) is 6.26 Å². The normalized spacial score (nSPS) is 20.4. The van der Waals surface area contributed by atoms with Crippen molar-refractivity contribution >= 4 is 19.9 Å². The Morgan fingerprint density at radius 1 is 1.40 bits per heavy atom. The van der Waals surface area contributed by atoms with Gasteiger partial charge in [0.25, 0.3) is 0 Å². The number of rotatable bonds is 4. The molecule has 1 saturated heterocycles. The zero-order valence-corrected chi connectivity index (χ0v) is 11.5. The topological polar surface area (TPSA) is 21.7 Å². The Labute approximate surface area is 98.1 Å². The summed E-state index contributed by atoms with van der Waals surface area (Å²) >= 11 is 6.10. The van der Waals surface area contributed by atoms with Crippen LogP contribution in [-0.2, 0) is 9.16 Å². The molecule has 0 atom stereocenters. The Kier molecular flexibility index (Phi) is 5.12. The van der Waals surface area contributed by atoms with E-state index in [2.05, 4.69) is 24.5 Å². The maximum absolute atomic E-state index is 6.10. The molecule has 1 heterocycles. The minimum Gasteiger partial charge on any atom is -0.549 e. The molecule has 0 spiro atoms. The van der Waals surface area contributed by atoms with Crippen molar-refractivity contribution in [3.63, 3.8) is 0 Å². The minimum atomic E-state index is -1.49. The first kappa shape index (κ1) is 13.0. The molecule has 0 saturated carbocycles. The maximum atomic E-state index is 6.10. The number of hydrogen-bond acceptors (Lipinski definition) is 3. The Morgan fingerprint density at radius 2 is 2.00 bits per heavy atom. The summed E-state index contributed by atoms with van der Waals surface area (Å²) in [5.74, 6) is 0. The summed E-state index contributed by atoms with van der Waals surface area (Å²) < 4.78 is 10.9. The van der Waals surface area contributed by atoms with Crippen LogP contribution in [0.25, 0.3) is 0 Å². The molecule has 0 radical (unpaired) electrons. The summed E-state index contributed by atoms with van der Waals surface area (Å²) in [6.45, 7) is 10.7. The predicted octanol–water partition coefficient (Wildman–Crippen LogP) is 2.25. The van der Waals surface area contributed by atoms with Crippen molar-refractivity contribution < 1.29 is 9.16 Å². The first-order valence-electron chi connectivity index (χ1n) is 5.30. The van der Waals surface area contributed by atoms with Crippen molar-refractivity contribution in [2.75, 3.05) is 32.8 Å². The number of nitrogens with zero attached hydrogens (tertiary/aromatic N) is 1. The van der Waals surface area contributed by atoms with Gasteiger partial charge in [-0.15, -0.1) is 0 Å². The van der Waals surface area contributed by atoms with Crippen LogP contribution in [0.1, 0.15) is 0 Å². The zero-order chi connectivity index (χ0) is 11.3. The average Bonchev–Trinajstić information content (AvgIpc) is 2.15. The Bertz CT molecular complexity index is 222. The Hall–Kier alpha value is -0.0331. The van der Waals surface area contributed by atoms with E-state index in [0.717, 1.165) is 37.9 Å². The third-order valence-electron chi connectivity index (χ3n) is 2.02. The van der Waals surface area contributed by atoms with Gasteiger partial charge >= 0.3 is 0 Å². The van der Waals surface area contributed by atoms with E-state index in [1.165, 1.54) is 0 Å². The number of halogens is 1. The molecule has 1 rings (SSSR count). The van der Waals surface area contributed by atoms with Gasteiger partial charge in [0.15, 0.2) is 0 Å². The molecule has 1 aliphatic rings. The standard InChI is InChI=1S/C10H20ClNO2Si/c1-15(2,3)14-9-10(11)8-12-4-6-13-7-5-12/h9H,4-8H2,1-3H3/b10-9-. The lowest BCUT2D eigenvalue weighted by Crippen LogP contribution is -2.37. The second-order valence-electron chi connectivity index (χ2n) is 4.68. The van der Waals surface area contributed by atoms with Crippen molar-refractivity contribution in [3.8, 4) is 0 Å². The van der Waals surface area contributed by atoms with E-state index in [1.807, 2.05) is 0 Å². The lowest BCUT2D eigenvalue weighted by atomic mass is 10.4. The van der Waals surface area contributed by atoms with Gasteiger partial charge in [-0.2, -0.15) is 0 Å². The van der Waals surface area contributed by atoms with Crippen LogP contribution >= 0.6 is 11.6 Å². The highest BCUT2D eigenvalue weighted by Gasteiger charge is 2.15.